The third-order valence-corrected chi connectivity index (χ3v) is 4.00. The molecule has 0 spiro atoms. The van der Waals surface area contributed by atoms with Gasteiger partial charge in [-0.15, -0.1) is 24.0 Å². The van der Waals surface area contributed by atoms with Gasteiger partial charge in [-0.2, -0.15) is 0 Å². The molecule has 0 amide bonds. The van der Waals surface area contributed by atoms with E-state index < -0.39 is 6.10 Å². The molecule has 1 atom stereocenters. The smallest absolute Gasteiger partial charge is 0.191 e. The summed E-state index contributed by atoms with van der Waals surface area (Å²) >= 11 is 0. The molecule has 0 saturated carbocycles. The second-order valence-corrected chi connectivity index (χ2v) is 6.78. The first kappa shape index (κ1) is 25.2. The molecule has 5 nitrogen and oxygen atoms in total. The molecule has 0 saturated heterocycles. The fourth-order valence-corrected chi connectivity index (χ4v) is 2.68. The number of halogens is 2. The number of rotatable bonds is 9. The van der Waals surface area contributed by atoms with E-state index in [1.807, 2.05) is 51.1 Å². The van der Waals surface area contributed by atoms with Crippen molar-refractivity contribution in [1.29, 1.82) is 0 Å². The number of nitrogens with zero attached hydrogens (tertiary/aromatic N) is 1. The molecular formula is C22H31FIN3O2. The molecular weight excluding hydrogens is 484 g/mol. The maximum absolute atomic E-state index is 13.2. The van der Waals surface area contributed by atoms with Crippen LogP contribution < -0.4 is 15.4 Å². The predicted octanol–water partition coefficient (Wildman–Crippen LogP) is 4.06. The summed E-state index contributed by atoms with van der Waals surface area (Å²) in [5.74, 6) is 1.17. The Labute approximate surface area is 189 Å². The Kier molecular flexibility index (Phi) is 11.6. The van der Waals surface area contributed by atoms with Crippen molar-refractivity contribution in [2.75, 3.05) is 19.6 Å². The maximum atomic E-state index is 13.2. The van der Waals surface area contributed by atoms with Gasteiger partial charge in [0.1, 0.15) is 11.6 Å². The van der Waals surface area contributed by atoms with Crippen molar-refractivity contribution in [2.45, 2.75) is 39.4 Å². The zero-order valence-corrected chi connectivity index (χ0v) is 19.5. The lowest BCUT2D eigenvalue weighted by molar-refractivity contribution is 0.186. The molecule has 1 unspecified atom stereocenters. The van der Waals surface area contributed by atoms with Crippen molar-refractivity contribution >= 4 is 29.9 Å². The van der Waals surface area contributed by atoms with Crippen molar-refractivity contribution in [3.05, 3.63) is 65.5 Å². The minimum Gasteiger partial charge on any atom is -0.491 e. The summed E-state index contributed by atoms with van der Waals surface area (Å²) in [5, 5.41) is 16.8. The summed E-state index contributed by atoms with van der Waals surface area (Å²) in [5.41, 5.74) is 1.71. The predicted molar refractivity (Wildman–Crippen MR) is 127 cm³/mol. The van der Waals surface area contributed by atoms with Crippen molar-refractivity contribution in [3.63, 3.8) is 0 Å². The SMILES string of the molecule is CCNC(=NCC(O)c1ccc(OC(C)C)cc1)NCCc1cccc(F)c1.I. The topological polar surface area (TPSA) is 65.9 Å². The Bertz CT molecular complexity index is 754. The van der Waals surface area contributed by atoms with E-state index in [-0.39, 0.29) is 42.4 Å². The van der Waals surface area contributed by atoms with Gasteiger partial charge in [0.25, 0.3) is 0 Å². The van der Waals surface area contributed by atoms with E-state index in [1.165, 1.54) is 12.1 Å². The van der Waals surface area contributed by atoms with Crippen LogP contribution in [0.4, 0.5) is 4.39 Å². The lowest BCUT2D eigenvalue weighted by Crippen LogP contribution is -2.38. The average molecular weight is 515 g/mol. The Balaban J connectivity index is 0.00000420. The molecule has 0 aliphatic rings. The fourth-order valence-electron chi connectivity index (χ4n) is 2.68. The molecule has 2 aromatic rings. The highest BCUT2D eigenvalue weighted by Crippen LogP contribution is 2.19. The minimum absolute atomic E-state index is 0. The summed E-state index contributed by atoms with van der Waals surface area (Å²) < 4.78 is 18.9. The van der Waals surface area contributed by atoms with E-state index in [0.717, 1.165) is 16.9 Å². The minimum atomic E-state index is -0.702. The summed E-state index contributed by atoms with van der Waals surface area (Å²) in [6, 6.07) is 14.0. The van der Waals surface area contributed by atoms with Crippen LogP contribution in [-0.4, -0.2) is 36.8 Å². The Hall–Kier alpha value is -1.87. The summed E-state index contributed by atoms with van der Waals surface area (Å²) in [6.45, 7) is 7.49. The lowest BCUT2D eigenvalue weighted by Gasteiger charge is -2.14. The first-order valence-corrected chi connectivity index (χ1v) is 9.69. The van der Waals surface area contributed by atoms with Crippen LogP contribution in [0.25, 0.3) is 0 Å². The van der Waals surface area contributed by atoms with Crippen LogP contribution >= 0.6 is 24.0 Å². The highest BCUT2D eigenvalue weighted by Gasteiger charge is 2.08. The molecule has 29 heavy (non-hydrogen) atoms. The molecule has 3 N–H and O–H groups in total. The van der Waals surface area contributed by atoms with Crippen LogP contribution in [0.2, 0.25) is 0 Å². The monoisotopic (exact) mass is 515 g/mol. The van der Waals surface area contributed by atoms with Crippen molar-refractivity contribution in [3.8, 4) is 5.75 Å². The molecule has 0 radical (unpaired) electrons. The fraction of sp³-hybridized carbons (Fsp3) is 0.409. The van der Waals surface area contributed by atoms with Crippen molar-refractivity contribution in [2.24, 2.45) is 4.99 Å². The quantitative estimate of drug-likeness (QED) is 0.268. The van der Waals surface area contributed by atoms with Crippen molar-refractivity contribution < 1.29 is 14.2 Å². The van der Waals surface area contributed by atoms with Crippen LogP contribution in [0.15, 0.2) is 53.5 Å². The number of benzene rings is 2. The van der Waals surface area contributed by atoms with Gasteiger partial charge in [0.05, 0.1) is 18.8 Å². The second kappa shape index (κ2) is 13.4. The first-order chi connectivity index (χ1) is 13.5. The third kappa shape index (κ3) is 9.45. The van der Waals surface area contributed by atoms with Gasteiger partial charge in [0.2, 0.25) is 0 Å². The number of aliphatic hydroxyl groups is 1. The Morgan fingerprint density at radius 1 is 1.14 bits per heavy atom. The molecule has 160 valence electrons. The lowest BCUT2D eigenvalue weighted by atomic mass is 10.1. The number of ether oxygens (including phenoxy) is 1. The summed E-state index contributed by atoms with van der Waals surface area (Å²) in [4.78, 5) is 4.45. The maximum Gasteiger partial charge on any atom is 0.191 e. The van der Waals surface area contributed by atoms with E-state index in [4.69, 9.17) is 4.74 Å². The number of aliphatic imine (C=N–C) groups is 1. The molecule has 2 aromatic carbocycles. The molecule has 0 bridgehead atoms. The highest BCUT2D eigenvalue weighted by atomic mass is 127. The van der Waals surface area contributed by atoms with Crippen LogP contribution in [-0.2, 0) is 6.42 Å². The normalized spacial score (nSPS) is 12.3. The van der Waals surface area contributed by atoms with Gasteiger partial charge in [-0.1, -0.05) is 24.3 Å². The Morgan fingerprint density at radius 2 is 1.86 bits per heavy atom. The van der Waals surface area contributed by atoms with Crippen molar-refractivity contribution in [1.82, 2.24) is 10.6 Å². The van der Waals surface area contributed by atoms with E-state index in [0.29, 0.717) is 25.5 Å². The van der Waals surface area contributed by atoms with Gasteiger partial charge in [0, 0.05) is 13.1 Å². The molecule has 0 aliphatic carbocycles. The van der Waals surface area contributed by atoms with Gasteiger partial charge >= 0.3 is 0 Å². The van der Waals surface area contributed by atoms with Gasteiger partial charge in [-0.05, 0) is 62.6 Å². The Morgan fingerprint density at radius 3 is 2.48 bits per heavy atom. The number of hydrogen-bond acceptors (Lipinski definition) is 3. The van der Waals surface area contributed by atoms with Gasteiger partial charge < -0.3 is 20.5 Å². The number of nitrogens with one attached hydrogen (secondary N) is 2. The summed E-state index contributed by atoms with van der Waals surface area (Å²) in [6.07, 6.45) is 0.0930. The van der Waals surface area contributed by atoms with E-state index in [1.54, 1.807) is 6.07 Å². The average Bonchev–Trinajstić information content (AvgIpc) is 2.66. The second-order valence-electron chi connectivity index (χ2n) is 6.78. The number of hydrogen-bond donors (Lipinski definition) is 3. The van der Waals surface area contributed by atoms with Gasteiger partial charge in [0.15, 0.2) is 5.96 Å². The van der Waals surface area contributed by atoms with Crippen LogP contribution in [0.1, 0.15) is 38.0 Å². The molecule has 2 rings (SSSR count). The highest BCUT2D eigenvalue weighted by molar-refractivity contribution is 14.0. The van der Waals surface area contributed by atoms with E-state index in [2.05, 4.69) is 15.6 Å². The van der Waals surface area contributed by atoms with E-state index in [9.17, 15) is 9.50 Å². The zero-order chi connectivity index (χ0) is 20.4. The molecule has 0 aromatic heterocycles. The van der Waals surface area contributed by atoms with Gasteiger partial charge in [-0.3, -0.25) is 4.99 Å². The summed E-state index contributed by atoms with van der Waals surface area (Å²) in [7, 11) is 0. The van der Waals surface area contributed by atoms with Gasteiger partial charge in [-0.25, -0.2) is 4.39 Å². The number of aliphatic hydroxyl groups excluding tert-OH is 1. The van der Waals surface area contributed by atoms with Crippen LogP contribution in [0, 0.1) is 5.82 Å². The standard InChI is InChI=1S/C22H30FN3O2.HI/c1-4-24-22(25-13-12-17-6-5-7-19(23)14-17)26-15-21(27)18-8-10-20(11-9-18)28-16(2)3;/h5-11,14,16,21,27H,4,12-13,15H2,1-3H3,(H2,24,25,26);1H. The van der Waals surface area contributed by atoms with E-state index >= 15 is 0 Å². The molecule has 0 fully saturated rings. The third-order valence-electron chi connectivity index (χ3n) is 4.00. The molecule has 0 aliphatic heterocycles. The van der Waals surface area contributed by atoms with Crippen LogP contribution in [0.3, 0.4) is 0 Å². The molecule has 7 heteroatoms. The van der Waals surface area contributed by atoms with Crippen LogP contribution in [0.5, 0.6) is 5.75 Å². The largest absolute Gasteiger partial charge is 0.491 e. The zero-order valence-electron chi connectivity index (χ0n) is 17.2. The first-order valence-electron chi connectivity index (χ1n) is 9.69. The number of guanidine groups is 1. The molecule has 0 heterocycles.